The van der Waals surface area contributed by atoms with Crippen LogP contribution in [0.15, 0.2) is 213 Å². The fourth-order valence-electron chi connectivity index (χ4n) is 8.18. The van der Waals surface area contributed by atoms with E-state index in [-0.39, 0.29) is 11.8 Å². The molecule has 0 N–H and O–H groups in total. The molecule has 0 aliphatic heterocycles. The highest BCUT2D eigenvalue weighted by molar-refractivity contribution is 5.96. The number of hydrogen-bond donors (Lipinski definition) is 0. The Kier molecular flexibility index (Phi) is 9.24. The molecule has 6 aromatic carbocycles. The normalized spacial score (nSPS) is 18.3. The number of nitrogens with zero attached hydrogens (tertiary/aromatic N) is 2. The summed E-state index contributed by atoms with van der Waals surface area (Å²) in [5.74, 6) is 1.24. The Labute approximate surface area is 323 Å². The van der Waals surface area contributed by atoms with Crippen molar-refractivity contribution in [2.45, 2.75) is 12.8 Å². The first kappa shape index (κ1) is 34.0. The van der Waals surface area contributed by atoms with E-state index in [0.29, 0.717) is 0 Å². The average Bonchev–Trinajstić information content (AvgIpc) is 3.65. The van der Waals surface area contributed by atoms with Crippen LogP contribution in [-0.2, 0) is 0 Å². The lowest BCUT2D eigenvalue weighted by molar-refractivity contribution is 0.650. The maximum absolute atomic E-state index is 5.12. The summed E-state index contributed by atoms with van der Waals surface area (Å²) in [6.07, 6.45) is 22.0. The minimum absolute atomic E-state index is 0.127. The number of benzene rings is 6. The van der Waals surface area contributed by atoms with Gasteiger partial charge in [0.1, 0.15) is 5.82 Å². The Morgan fingerprint density at radius 2 is 1.36 bits per heavy atom. The van der Waals surface area contributed by atoms with Crippen LogP contribution in [0.2, 0.25) is 0 Å². The van der Waals surface area contributed by atoms with E-state index >= 15 is 0 Å². The van der Waals surface area contributed by atoms with Crippen molar-refractivity contribution in [3.63, 3.8) is 0 Å². The molecular weight excluding hydrogens is 665 g/mol. The summed E-state index contributed by atoms with van der Waals surface area (Å²) in [7, 11) is 0. The first-order chi connectivity index (χ1) is 27.2. The fourth-order valence-corrected chi connectivity index (χ4v) is 8.18. The predicted molar refractivity (Wildman–Crippen MR) is 233 cm³/mol. The van der Waals surface area contributed by atoms with Crippen molar-refractivity contribution in [1.82, 2.24) is 9.55 Å². The average molecular weight is 707 g/mol. The van der Waals surface area contributed by atoms with E-state index in [1.54, 1.807) is 0 Å². The van der Waals surface area contributed by atoms with Crippen LogP contribution in [-0.4, -0.2) is 9.55 Å². The van der Waals surface area contributed by atoms with Crippen LogP contribution >= 0.6 is 0 Å². The maximum atomic E-state index is 5.12. The first-order valence-corrected chi connectivity index (χ1v) is 19.2. The van der Waals surface area contributed by atoms with Gasteiger partial charge >= 0.3 is 0 Å². The molecule has 1 heterocycles. The zero-order valence-corrected chi connectivity index (χ0v) is 30.9. The second kappa shape index (κ2) is 14.9. The van der Waals surface area contributed by atoms with Gasteiger partial charge in [-0.15, -0.1) is 6.58 Å². The summed E-state index contributed by atoms with van der Waals surface area (Å²) in [5, 5.41) is 4.84. The highest BCUT2D eigenvalue weighted by Crippen LogP contribution is 2.34. The molecule has 2 aliphatic rings. The molecule has 2 nitrogen and oxygen atoms in total. The zero-order chi connectivity index (χ0) is 37.1. The Morgan fingerprint density at radius 1 is 0.655 bits per heavy atom. The lowest BCUT2D eigenvalue weighted by Gasteiger charge is -2.25. The van der Waals surface area contributed by atoms with Gasteiger partial charge in [0.25, 0.3) is 0 Å². The second-order valence-corrected chi connectivity index (χ2v) is 14.3. The van der Waals surface area contributed by atoms with Gasteiger partial charge in [-0.25, -0.2) is 4.98 Å². The van der Waals surface area contributed by atoms with Gasteiger partial charge in [-0.1, -0.05) is 170 Å². The summed E-state index contributed by atoms with van der Waals surface area (Å²) < 4.78 is 2.25. The topological polar surface area (TPSA) is 17.8 Å². The number of fused-ring (bicyclic) bond motifs is 3. The number of rotatable bonds is 7. The van der Waals surface area contributed by atoms with Crippen molar-refractivity contribution in [3.05, 3.63) is 229 Å². The largest absolute Gasteiger partial charge is 0.292 e. The summed E-state index contributed by atoms with van der Waals surface area (Å²) >= 11 is 0. The highest BCUT2D eigenvalue weighted by atomic mass is 15.1. The molecule has 1 aromatic heterocycles. The quantitative estimate of drug-likeness (QED) is 0.151. The van der Waals surface area contributed by atoms with Crippen LogP contribution in [0.4, 0.5) is 0 Å². The third kappa shape index (κ3) is 6.47. The Morgan fingerprint density at radius 3 is 2.22 bits per heavy atom. The van der Waals surface area contributed by atoms with Crippen molar-refractivity contribution in [2.24, 2.45) is 11.8 Å². The van der Waals surface area contributed by atoms with Crippen molar-refractivity contribution in [1.29, 1.82) is 0 Å². The molecule has 2 unspecified atom stereocenters. The molecule has 2 aliphatic carbocycles. The maximum Gasteiger partial charge on any atom is 0.145 e. The predicted octanol–water partition coefficient (Wildman–Crippen LogP) is 11.9. The van der Waals surface area contributed by atoms with Gasteiger partial charge in [-0.2, -0.15) is 0 Å². The van der Waals surface area contributed by atoms with Gasteiger partial charge < -0.3 is 0 Å². The second-order valence-electron chi connectivity index (χ2n) is 14.3. The molecule has 2 atom stereocenters. The van der Waals surface area contributed by atoms with Gasteiger partial charge in [0, 0.05) is 23.1 Å². The molecule has 9 rings (SSSR count). The standard InChI is InChI=1S/C53H42N2/c1-3-38-18-11-13-23-44(38)37(2)45-24-9-4-5-10-26-48(47-27-17-20-40-19-12-14-25-46(40)47)50-36-42(34-35-49(45)50)39-30-32-41(33-31-39)53-54-51-28-15-16-29-52(51)55(53)43-21-7-6-8-22-43/h3,6-36,38,44H,1-2,4-5H2/b24-9?,26-10+,49-45?,50-48+. The third-order valence-electron chi connectivity index (χ3n) is 11.0. The van der Waals surface area contributed by atoms with Gasteiger partial charge in [0.15, 0.2) is 0 Å². The SMILES string of the molecule is C=CC1C=CC=CC1C(=C)C1=c2ccc(-c3ccc(-c4nc5ccccc5n4-c4ccccc4)cc3)c/c2=C(c2cccc3ccccc23)/C=C/CCC=C1. The zero-order valence-electron chi connectivity index (χ0n) is 30.9. The smallest absolute Gasteiger partial charge is 0.145 e. The van der Waals surface area contributed by atoms with E-state index in [4.69, 9.17) is 11.6 Å². The van der Waals surface area contributed by atoms with Gasteiger partial charge in [-0.3, -0.25) is 4.57 Å². The molecule has 0 saturated carbocycles. The fraction of sp³-hybridized carbons (Fsp3) is 0.0755. The van der Waals surface area contributed by atoms with Crippen LogP contribution in [0.25, 0.3) is 61.2 Å². The van der Waals surface area contributed by atoms with E-state index in [0.717, 1.165) is 57.7 Å². The summed E-state index contributed by atoms with van der Waals surface area (Å²) in [5.41, 5.74) is 11.2. The molecular formula is C53H42N2. The molecule has 264 valence electrons. The van der Waals surface area contributed by atoms with Crippen LogP contribution in [0, 0.1) is 11.8 Å². The molecule has 0 fully saturated rings. The lowest BCUT2D eigenvalue weighted by atomic mass is 9.79. The van der Waals surface area contributed by atoms with Crippen LogP contribution in [0.3, 0.4) is 0 Å². The summed E-state index contributed by atoms with van der Waals surface area (Å²) in [6, 6.07) is 50.0. The molecule has 7 aromatic rings. The number of allylic oxidation sites excluding steroid dienone is 10. The molecule has 0 saturated heterocycles. The van der Waals surface area contributed by atoms with Crippen molar-refractivity contribution in [2.75, 3.05) is 0 Å². The number of aromatic nitrogens is 2. The summed E-state index contributed by atoms with van der Waals surface area (Å²) in [6.45, 7) is 8.96. The minimum Gasteiger partial charge on any atom is -0.292 e. The molecule has 0 spiro atoms. The third-order valence-corrected chi connectivity index (χ3v) is 11.0. The molecule has 0 amide bonds. The minimum atomic E-state index is 0.127. The lowest BCUT2D eigenvalue weighted by Crippen LogP contribution is -2.31. The monoisotopic (exact) mass is 706 g/mol. The van der Waals surface area contributed by atoms with Gasteiger partial charge in [0.05, 0.1) is 11.0 Å². The Bertz CT molecular complexity index is 2840. The van der Waals surface area contributed by atoms with Gasteiger partial charge in [-0.05, 0) is 97.8 Å². The summed E-state index contributed by atoms with van der Waals surface area (Å²) in [4.78, 5) is 5.12. The Hall–Kier alpha value is -6.77. The van der Waals surface area contributed by atoms with Crippen LogP contribution < -0.4 is 10.4 Å². The van der Waals surface area contributed by atoms with E-state index in [1.165, 1.54) is 37.9 Å². The Balaban J connectivity index is 1.26. The first-order valence-electron chi connectivity index (χ1n) is 19.2. The highest BCUT2D eigenvalue weighted by Gasteiger charge is 2.22. The molecule has 0 bridgehead atoms. The van der Waals surface area contributed by atoms with Gasteiger partial charge in [0.2, 0.25) is 0 Å². The van der Waals surface area contributed by atoms with E-state index < -0.39 is 0 Å². The molecule has 0 radical (unpaired) electrons. The number of hydrogen-bond acceptors (Lipinski definition) is 1. The van der Waals surface area contributed by atoms with E-state index in [9.17, 15) is 0 Å². The molecule has 55 heavy (non-hydrogen) atoms. The van der Waals surface area contributed by atoms with Crippen LogP contribution in [0.1, 0.15) is 18.4 Å². The number of para-hydroxylation sites is 3. The van der Waals surface area contributed by atoms with E-state index in [2.05, 4.69) is 199 Å². The van der Waals surface area contributed by atoms with Crippen molar-refractivity contribution < 1.29 is 0 Å². The van der Waals surface area contributed by atoms with Crippen LogP contribution in [0.5, 0.6) is 0 Å². The molecule has 2 heteroatoms. The number of imidazole rings is 1. The van der Waals surface area contributed by atoms with E-state index in [1.807, 2.05) is 6.08 Å². The van der Waals surface area contributed by atoms with Crippen molar-refractivity contribution >= 4 is 33.0 Å². The van der Waals surface area contributed by atoms with Crippen molar-refractivity contribution in [3.8, 4) is 28.2 Å².